The van der Waals surface area contributed by atoms with Crippen molar-refractivity contribution in [2.24, 2.45) is 4.99 Å². The van der Waals surface area contributed by atoms with Gasteiger partial charge in [-0.05, 0) is 37.6 Å². The van der Waals surface area contributed by atoms with Crippen molar-refractivity contribution in [3.8, 4) is 0 Å². The van der Waals surface area contributed by atoms with E-state index >= 15 is 0 Å². The van der Waals surface area contributed by atoms with E-state index in [9.17, 15) is 0 Å². The molecule has 0 saturated carbocycles. The van der Waals surface area contributed by atoms with E-state index in [0.717, 1.165) is 44.2 Å². The highest BCUT2D eigenvalue weighted by Crippen LogP contribution is 2.45. The molecule has 1 aromatic carbocycles. The molecule has 2 aromatic rings. The molecule has 150 valence electrons. The minimum atomic E-state index is 0.495. The highest BCUT2D eigenvalue weighted by Gasteiger charge is 2.30. The van der Waals surface area contributed by atoms with E-state index < -0.39 is 0 Å². The van der Waals surface area contributed by atoms with E-state index in [-0.39, 0.29) is 0 Å². The number of methoxy groups -OCH3 is 1. The molecular weight excluding hydrogens is 386 g/mol. The number of piperazine rings is 1. The van der Waals surface area contributed by atoms with Gasteiger partial charge in [0.25, 0.3) is 0 Å². The number of rotatable bonds is 4. The van der Waals surface area contributed by atoms with Crippen LogP contribution < -0.4 is 0 Å². The number of ether oxygens (including phenoxy) is 1. The van der Waals surface area contributed by atoms with Crippen LogP contribution in [0.2, 0.25) is 0 Å². The summed E-state index contributed by atoms with van der Waals surface area (Å²) in [5, 5.41) is 0. The highest BCUT2D eigenvalue weighted by molar-refractivity contribution is 8.01. The molecule has 0 spiro atoms. The third-order valence-corrected chi connectivity index (χ3v) is 8.25. The van der Waals surface area contributed by atoms with Gasteiger partial charge in [0.1, 0.15) is 5.84 Å². The second-order valence-electron chi connectivity index (χ2n) is 7.87. The van der Waals surface area contributed by atoms with Crippen molar-refractivity contribution in [3.63, 3.8) is 0 Å². The van der Waals surface area contributed by atoms with Gasteiger partial charge in [-0.2, -0.15) is 0 Å². The molecule has 2 aliphatic rings. The van der Waals surface area contributed by atoms with E-state index in [1.165, 1.54) is 19.5 Å². The maximum absolute atomic E-state index is 5.35. The van der Waals surface area contributed by atoms with Crippen LogP contribution in [0.1, 0.15) is 36.6 Å². The van der Waals surface area contributed by atoms with Crippen molar-refractivity contribution in [2.45, 2.75) is 41.3 Å². The fourth-order valence-electron chi connectivity index (χ4n) is 3.76. The maximum Gasteiger partial charge on any atom is 0.138 e. The Balaban J connectivity index is 1.72. The zero-order chi connectivity index (χ0) is 19.7. The van der Waals surface area contributed by atoms with Gasteiger partial charge in [0, 0.05) is 54.7 Å². The van der Waals surface area contributed by atoms with Crippen LogP contribution in [-0.4, -0.2) is 62.1 Å². The number of aliphatic imine (C=N–C) groups is 1. The number of likely N-dealkylation sites (N-methyl/N-ethyl adjacent to an activating group) is 1. The van der Waals surface area contributed by atoms with Gasteiger partial charge in [0.05, 0.1) is 9.90 Å². The number of hydrogen-bond donors (Lipinski definition) is 0. The summed E-state index contributed by atoms with van der Waals surface area (Å²) >= 11 is 3.80. The molecular formula is C22H29N3OS2. The Hall–Kier alpha value is -1.34. The largest absolute Gasteiger partial charge is 0.385 e. The third-order valence-electron chi connectivity index (χ3n) is 5.55. The first-order valence-corrected chi connectivity index (χ1v) is 11.6. The Morgan fingerprint density at radius 1 is 1.25 bits per heavy atom. The van der Waals surface area contributed by atoms with E-state index in [2.05, 4.69) is 61.0 Å². The first-order valence-electron chi connectivity index (χ1n) is 10.0. The van der Waals surface area contributed by atoms with E-state index in [1.807, 2.05) is 23.1 Å². The van der Waals surface area contributed by atoms with Crippen LogP contribution in [0.25, 0.3) is 0 Å². The molecule has 0 bridgehead atoms. The Bertz CT molecular complexity index is 861. The van der Waals surface area contributed by atoms with Crippen molar-refractivity contribution in [2.75, 3.05) is 40.4 Å². The molecule has 2 aliphatic heterocycles. The van der Waals surface area contributed by atoms with Gasteiger partial charge in [-0.25, -0.2) is 4.99 Å². The summed E-state index contributed by atoms with van der Waals surface area (Å²) in [6, 6.07) is 11.4. The lowest BCUT2D eigenvalue weighted by Gasteiger charge is -2.41. The second kappa shape index (κ2) is 8.57. The number of amidine groups is 1. The third kappa shape index (κ3) is 4.01. The molecule has 6 heteroatoms. The molecule has 1 atom stereocenters. The van der Waals surface area contributed by atoms with Gasteiger partial charge in [0.15, 0.2) is 0 Å². The molecule has 28 heavy (non-hydrogen) atoms. The second-order valence-corrected chi connectivity index (χ2v) is 10.3. The fraction of sp³-hybridized carbons (Fsp3) is 0.500. The number of fused-ring (bicyclic) bond motifs is 2. The predicted molar refractivity (Wildman–Crippen MR) is 120 cm³/mol. The maximum atomic E-state index is 5.35. The molecule has 0 radical (unpaired) electrons. The lowest BCUT2D eigenvalue weighted by molar-refractivity contribution is 0.100. The molecule has 3 heterocycles. The summed E-state index contributed by atoms with van der Waals surface area (Å²) < 4.78 is 6.72. The van der Waals surface area contributed by atoms with Gasteiger partial charge in [-0.15, -0.1) is 11.3 Å². The van der Waals surface area contributed by atoms with Gasteiger partial charge >= 0.3 is 0 Å². The number of thiophene rings is 1. The van der Waals surface area contributed by atoms with Crippen LogP contribution in [0.5, 0.6) is 0 Å². The number of benzene rings is 1. The van der Waals surface area contributed by atoms with Gasteiger partial charge < -0.3 is 9.64 Å². The lowest BCUT2D eigenvalue weighted by Crippen LogP contribution is -2.53. The van der Waals surface area contributed by atoms with E-state index in [0.29, 0.717) is 12.0 Å². The first-order chi connectivity index (χ1) is 13.6. The first kappa shape index (κ1) is 20.0. The monoisotopic (exact) mass is 415 g/mol. The molecule has 0 N–H and O–H groups in total. The van der Waals surface area contributed by atoms with Crippen LogP contribution in [0.15, 0.2) is 44.4 Å². The number of para-hydroxylation sites is 1. The molecule has 0 amide bonds. The number of nitrogens with zero attached hydrogens (tertiary/aromatic N) is 3. The quantitative estimate of drug-likeness (QED) is 0.697. The predicted octanol–water partition coefficient (Wildman–Crippen LogP) is 5.07. The van der Waals surface area contributed by atoms with E-state index in [4.69, 9.17) is 9.73 Å². The van der Waals surface area contributed by atoms with Crippen LogP contribution in [0, 0.1) is 0 Å². The zero-order valence-electron chi connectivity index (χ0n) is 17.1. The Morgan fingerprint density at radius 3 is 2.86 bits per heavy atom. The Labute approximate surface area is 176 Å². The smallest absolute Gasteiger partial charge is 0.138 e. The van der Waals surface area contributed by atoms with Gasteiger partial charge in [0.2, 0.25) is 0 Å². The zero-order valence-corrected chi connectivity index (χ0v) is 18.8. The Morgan fingerprint density at radius 2 is 2.07 bits per heavy atom. The molecule has 0 unspecified atom stereocenters. The van der Waals surface area contributed by atoms with Crippen molar-refractivity contribution in [1.82, 2.24) is 9.80 Å². The van der Waals surface area contributed by atoms with Gasteiger partial charge in [-0.1, -0.05) is 37.7 Å². The minimum absolute atomic E-state index is 0.495. The summed E-state index contributed by atoms with van der Waals surface area (Å²) in [6.07, 6.45) is 1.05. The SMILES string of the molecule is COCC[C@H]1CN(C2=Nc3ccccc3Sc3sc(C(C)C)cc32)CCN1C. The van der Waals surface area contributed by atoms with Crippen LogP contribution in [-0.2, 0) is 4.74 Å². The minimum Gasteiger partial charge on any atom is -0.385 e. The van der Waals surface area contributed by atoms with Crippen molar-refractivity contribution in [1.29, 1.82) is 0 Å². The molecule has 0 aliphatic carbocycles. The highest BCUT2D eigenvalue weighted by atomic mass is 32.2. The number of hydrogen-bond acceptors (Lipinski definition) is 6. The molecule has 1 aromatic heterocycles. The lowest BCUT2D eigenvalue weighted by atomic mass is 10.1. The van der Waals surface area contributed by atoms with Crippen molar-refractivity contribution < 1.29 is 4.74 Å². The summed E-state index contributed by atoms with van der Waals surface area (Å²) in [4.78, 5) is 12.8. The topological polar surface area (TPSA) is 28.1 Å². The molecule has 1 saturated heterocycles. The van der Waals surface area contributed by atoms with E-state index in [1.54, 1.807) is 7.11 Å². The summed E-state index contributed by atoms with van der Waals surface area (Å²) in [5.74, 6) is 1.68. The van der Waals surface area contributed by atoms with Crippen LogP contribution in [0.3, 0.4) is 0 Å². The van der Waals surface area contributed by atoms with Crippen LogP contribution >= 0.6 is 23.1 Å². The Kier molecular flexibility index (Phi) is 6.11. The summed E-state index contributed by atoms with van der Waals surface area (Å²) in [7, 11) is 4.01. The van der Waals surface area contributed by atoms with Crippen molar-refractivity contribution in [3.05, 3.63) is 40.8 Å². The molecule has 1 fully saturated rings. The average Bonchev–Trinajstić information content (AvgIpc) is 3.04. The fourth-order valence-corrected chi connectivity index (χ4v) is 6.20. The van der Waals surface area contributed by atoms with Gasteiger partial charge in [-0.3, -0.25) is 4.90 Å². The molecule has 4 rings (SSSR count). The summed E-state index contributed by atoms with van der Waals surface area (Å²) in [5.41, 5.74) is 2.40. The van der Waals surface area contributed by atoms with Crippen LogP contribution in [0.4, 0.5) is 5.69 Å². The van der Waals surface area contributed by atoms with Crippen molar-refractivity contribution >= 4 is 34.6 Å². The summed E-state index contributed by atoms with van der Waals surface area (Å²) in [6.45, 7) is 8.41. The standard InChI is InChI=1S/C22H29N3OS2/c1-15(2)20-13-17-21(25-11-10-24(3)16(14-25)9-12-26-4)23-18-7-5-6-8-19(18)27-22(17)28-20/h5-8,13,15-16H,9-12,14H2,1-4H3/t16-/m0/s1. The normalized spacial score (nSPS) is 20.0. The average molecular weight is 416 g/mol. The molecule has 4 nitrogen and oxygen atoms in total.